The van der Waals surface area contributed by atoms with E-state index < -0.39 is 0 Å². The molecule has 1 heterocycles. The highest BCUT2D eigenvalue weighted by molar-refractivity contribution is 5.96. The second-order valence-electron chi connectivity index (χ2n) is 8.03. The zero-order valence-electron chi connectivity index (χ0n) is 17.4. The van der Waals surface area contributed by atoms with Crippen LogP contribution in [0.2, 0.25) is 0 Å². The number of rotatable bonds is 9. The Hall–Kier alpha value is -2.73. The van der Waals surface area contributed by atoms with E-state index >= 15 is 0 Å². The van der Waals surface area contributed by atoms with Crippen LogP contribution in [-0.4, -0.2) is 31.4 Å². The fourth-order valence-electron chi connectivity index (χ4n) is 3.96. The number of para-hydroxylation sites is 2. The quantitative estimate of drug-likeness (QED) is 0.592. The van der Waals surface area contributed by atoms with Gasteiger partial charge in [0.25, 0.3) is 0 Å². The van der Waals surface area contributed by atoms with Crippen molar-refractivity contribution in [3.63, 3.8) is 0 Å². The van der Waals surface area contributed by atoms with Gasteiger partial charge >= 0.3 is 0 Å². The van der Waals surface area contributed by atoms with Crippen molar-refractivity contribution in [1.82, 2.24) is 5.32 Å². The Balaban J connectivity index is 1.60. The average Bonchev–Trinajstić information content (AvgIpc) is 2.74. The molecule has 0 spiro atoms. The van der Waals surface area contributed by atoms with E-state index in [1.807, 2.05) is 24.3 Å². The number of benzene rings is 2. The van der Waals surface area contributed by atoms with Crippen molar-refractivity contribution < 1.29 is 18.7 Å². The van der Waals surface area contributed by atoms with Gasteiger partial charge in [0, 0.05) is 30.9 Å². The molecule has 1 aliphatic rings. The van der Waals surface area contributed by atoms with E-state index in [4.69, 9.17) is 4.74 Å². The average molecular weight is 413 g/mol. The topological polar surface area (TPSA) is 67.4 Å². The minimum Gasteiger partial charge on any atom is -0.491 e. The summed E-state index contributed by atoms with van der Waals surface area (Å²) in [7, 11) is 0. The van der Waals surface area contributed by atoms with Gasteiger partial charge in [0.15, 0.2) is 5.78 Å². The van der Waals surface area contributed by atoms with Crippen molar-refractivity contribution in [1.29, 1.82) is 0 Å². The fraction of sp³-hybridized carbons (Fsp3) is 0.417. The monoisotopic (exact) mass is 412 g/mol. The lowest BCUT2D eigenvalue weighted by Crippen LogP contribution is -2.44. The Morgan fingerprint density at radius 2 is 1.93 bits per heavy atom. The van der Waals surface area contributed by atoms with Gasteiger partial charge in [-0.2, -0.15) is 0 Å². The molecule has 1 atom stereocenters. The van der Waals surface area contributed by atoms with Gasteiger partial charge < -0.3 is 15.4 Å². The molecule has 0 aromatic heterocycles. The number of piperidine rings is 1. The molecule has 2 aromatic carbocycles. The Labute approximate surface area is 177 Å². The predicted octanol–water partition coefficient (Wildman–Crippen LogP) is 4.59. The fourth-order valence-corrected chi connectivity index (χ4v) is 3.96. The molecule has 0 radical (unpaired) electrons. The van der Waals surface area contributed by atoms with E-state index in [9.17, 15) is 14.0 Å². The zero-order valence-corrected chi connectivity index (χ0v) is 17.4. The smallest absolute Gasteiger partial charge is 0.221 e. The summed E-state index contributed by atoms with van der Waals surface area (Å²) in [6.07, 6.45) is 4.11. The maximum atomic E-state index is 13.1. The molecular weight excluding hydrogens is 383 g/mol. The second kappa shape index (κ2) is 10.3. The third-order valence-electron chi connectivity index (χ3n) is 5.57. The van der Waals surface area contributed by atoms with Crippen LogP contribution >= 0.6 is 0 Å². The maximum Gasteiger partial charge on any atom is 0.221 e. The van der Waals surface area contributed by atoms with Crippen LogP contribution in [0.1, 0.15) is 49.4 Å². The van der Waals surface area contributed by atoms with Gasteiger partial charge in [-0.15, -0.1) is 0 Å². The molecule has 160 valence electrons. The van der Waals surface area contributed by atoms with Gasteiger partial charge in [0.05, 0.1) is 12.3 Å². The highest BCUT2D eigenvalue weighted by Crippen LogP contribution is 2.35. The van der Waals surface area contributed by atoms with Crippen LogP contribution < -0.4 is 15.4 Å². The van der Waals surface area contributed by atoms with Crippen molar-refractivity contribution in [2.24, 2.45) is 5.41 Å². The number of carbonyl (C=O) groups is 2. The van der Waals surface area contributed by atoms with Crippen molar-refractivity contribution in [3.8, 4) is 5.75 Å². The molecule has 0 unspecified atom stereocenters. The summed E-state index contributed by atoms with van der Waals surface area (Å²) in [5.41, 5.74) is 1.15. The number of carbonyl (C=O) groups excluding carboxylic acids is 2. The Bertz CT molecular complexity index is 861. The molecule has 2 N–H and O–H groups in total. The molecule has 3 rings (SSSR count). The largest absolute Gasteiger partial charge is 0.491 e. The van der Waals surface area contributed by atoms with Crippen LogP contribution in [0.3, 0.4) is 0 Å². The highest BCUT2D eigenvalue weighted by atomic mass is 19.1. The van der Waals surface area contributed by atoms with Gasteiger partial charge in [0.2, 0.25) is 5.91 Å². The van der Waals surface area contributed by atoms with E-state index in [-0.39, 0.29) is 22.9 Å². The van der Waals surface area contributed by atoms with Gasteiger partial charge in [-0.1, -0.05) is 12.1 Å². The maximum absolute atomic E-state index is 13.1. The number of hydrogen-bond donors (Lipinski definition) is 2. The lowest BCUT2D eigenvalue weighted by atomic mass is 9.77. The van der Waals surface area contributed by atoms with E-state index in [2.05, 4.69) is 10.6 Å². The number of hydrogen-bond acceptors (Lipinski definition) is 4. The summed E-state index contributed by atoms with van der Waals surface area (Å²) in [5.74, 6) is 0.209. The number of ketones is 1. The van der Waals surface area contributed by atoms with E-state index in [1.165, 1.54) is 31.2 Å². The summed E-state index contributed by atoms with van der Waals surface area (Å²) < 4.78 is 19.2. The summed E-state index contributed by atoms with van der Waals surface area (Å²) in [4.78, 5) is 23.9. The second-order valence-corrected chi connectivity index (χ2v) is 8.03. The van der Waals surface area contributed by atoms with Crippen molar-refractivity contribution in [2.75, 3.05) is 25.0 Å². The van der Waals surface area contributed by atoms with Crippen LogP contribution in [0.4, 0.5) is 10.1 Å². The van der Waals surface area contributed by atoms with Gasteiger partial charge in [-0.05, 0) is 68.6 Å². The normalized spacial score (nSPS) is 18.6. The van der Waals surface area contributed by atoms with Crippen molar-refractivity contribution in [2.45, 2.75) is 39.0 Å². The van der Waals surface area contributed by atoms with Crippen molar-refractivity contribution >= 4 is 17.4 Å². The van der Waals surface area contributed by atoms with Gasteiger partial charge in [0.1, 0.15) is 11.6 Å². The summed E-state index contributed by atoms with van der Waals surface area (Å²) in [5, 5.41) is 6.26. The molecule has 30 heavy (non-hydrogen) atoms. The molecule has 1 saturated heterocycles. The molecule has 0 saturated carbocycles. The summed E-state index contributed by atoms with van der Waals surface area (Å²) in [6.45, 7) is 3.81. The first kappa shape index (κ1) is 22.0. The summed E-state index contributed by atoms with van der Waals surface area (Å²) >= 11 is 0. The van der Waals surface area contributed by atoms with Gasteiger partial charge in [-0.3, -0.25) is 9.59 Å². The molecule has 5 nitrogen and oxygen atoms in total. The third kappa shape index (κ3) is 6.13. The lowest BCUT2D eigenvalue weighted by Gasteiger charge is -2.37. The molecule has 0 bridgehead atoms. The number of amides is 1. The van der Waals surface area contributed by atoms with Crippen LogP contribution in [0.25, 0.3) is 0 Å². The number of ether oxygens (including phenoxy) is 1. The molecule has 6 heteroatoms. The Kier molecular flexibility index (Phi) is 7.57. The molecule has 1 aliphatic heterocycles. The van der Waals surface area contributed by atoms with Crippen LogP contribution in [0, 0.1) is 11.2 Å². The number of Topliss-reactive ketones (excluding diaryl/α,β-unsaturated/α-hetero) is 1. The summed E-state index contributed by atoms with van der Waals surface area (Å²) in [6, 6.07) is 13.1. The molecule has 1 amide bonds. The van der Waals surface area contributed by atoms with Crippen LogP contribution in [0.5, 0.6) is 5.75 Å². The highest BCUT2D eigenvalue weighted by Gasteiger charge is 2.33. The Morgan fingerprint density at radius 1 is 1.17 bits per heavy atom. The first-order valence-electron chi connectivity index (χ1n) is 10.5. The van der Waals surface area contributed by atoms with E-state index in [0.717, 1.165) is 38.8 Å². The minimum atomic E-state index is -0.338. The Morgan fingerprint density at radius 3 is 2.63 bits per heavy atom. The first-order valence-corrected chi connectivity index (χ1v) is 10.5. The molecular formula is C24H29FN2O3. The standard InChI is InChI=1S/C24H29FN2O3/c1-18(28)27-21-6-2-3-8-23(21)30-17-24(14-5-15-26-16-24)13-4-7-22(29)19-9-11-20(25)12-10-19/h2-3,6,8-12,26H,4-5,7,13-17H2,1H3,(H,27,28)/t24-/m0/s1. The predicted molar refractivity (Wildman–Crippen MR) is 115 cm³/mol. The van der Waals surface area contributed by atoms with E-state index in [1.54, 1.807) is 0 Å². The third-order valence-corrected chi connectivity index (χ3v) is 5.57. The molecule has 1 fully saturated rings. The van der Waals surface area contributed by atoms with Gasteiger partial charge in [-0.25, -0.2) is 4.39 Å². The zero-order chi connectivity index (χ0) is 21.4. The number of halogens is 1. The first-order chi connectivity index (χ1) is 14.5. The number of nitrogens with one attached hydrogen (secondary N) is 2. The number of anilines is 1. The van der Waals surface area contributed by atoms with Crippen LogP contribution in [-0.2, 0) is 4.79 Å². The molecule has 0 aliphatic carbocycles. The molecule has 2 aromatic rings. The van der Waals surface area contributed by atoms with E-state index in [0.29, 0.717) is 30.0 Å². The minimum absolute atomic E-state index is 0.0332. The van der Waals surface area contributed by atoms with Crippen LogP contribution in [0.15, 0.2) is 48.5 Å². The lowest BCUT2D eigenvalue weighted by molar-refractivity contribution is -0.114. The van der Waals surface area contributed by atoms with Crippen molar-refractivity contribution in [3.05, 3.63) is 59.9 Å². The SMILES string of the molecule is CC(=O)Nc1ccccc1OC[C@@]1(CCCC(=O)c2ccc(F)cc2)CCCNC1.